The van der Waals surface area contributed by atoms with Crippen molar-refractivity contribution in [3.8, 4) is 0 Å². The molecule has 1 heterocycles. The molecule has 0 spiro atoms. The van der Waals surface area contributed by atoms with E-state index >= 15 is 0 Å². The summed E-state index contributed by atoms with van der Waals surface area (Å²) in [6.07, 6.45) is 1.89. The zero-order valence-corrected chi connectivity index (χ0v) is 16.6. The molecule has 3 rings (SSSR count). The highest BCUT2D eigenvalue weighted by Gasteiger charge is 2.24. The molecule has 6 heteroatoms. The van der Waals surface area contributed by atoms with Crippen molar-refractivity contribution in [3.05, 3.63) is 70.8 Å². The van der Waals surface area contributed by atoms with E-state index in [-0.39, 0.29) is 17.4 Å². The largest absolute Gasteiger partial charge is 0.478 e. The maximum atomic E-state index is 12.6. The van der Waals surface area contributed by atoms with Gasteiger partial charge in [0.1, 0.15) is 0 Å². The Morgan fingerprint density at radius 3 is 1.86 bits per heavy atom. The SMILES string of the molecule is CCc1ccc(C(=O)N2CCN(C(=O)CCc3ccc(C(=O)O)cc3)CC2)cc1. The van der Waals surface area contributed by atoms with E-state index in [9.17, 15) is 14.4 Å². The molecule has 2 aromatic rings. The lowest BCUT2D eigenvalue weighted by molar-refractivity contribution is -0.132. The molecule has 0 radical (unpaired) electrons. The number of piperazine rings is 1. The van der Waals surface area contributed by atoms with Crippen molar-refractivity contribution in [2.75, 3.05) is 26.2 Å². The first kappa shape index (κ1) is 20.6. The molecule has 0 aromatic heterocycles. The lowest BCUT2D eigenvalue weighted by Crippen LogP contribution is -2.50. The molecule has 0 atom stereocenters. The Labute approximate surface area is 170 Å². The van der Waals surface area contributed by atoms with Gasteiger partial charge in [0.15, 0.2) is 0 Å². The third-order valence-electron chi connectivity index (χ3n) is 5.36. The molecular weight excluding hydrogens is 368 g/mol. The molecule has 1 aliphatic heterocycles. The van der Waals surface area contributed by atoms with Crippen molar-refractivity contribution in [3.63, 3.8) is 0 Å². The summed E-state index contributed by atoms with van der Waals surface area (Å²) in [6, 6.07) is 14.3. The Balaban J connectivity index is 1.47. The number of hydrogen-bond donors (Lipinski definition) is 1. The van der Waals surface area contributed by atoms with E-state index in [0.29, 0.717) is 44.6 Å². The third kappa shape index (κ3) is 5.22. The van der Waals surface area contributed by atoms with Gasteiger partial charge < -0.3 is 14.9 Å². The minimum Gasteiger partial charge on any atom is -0.478 e. The molecule has 2 aromatic carbocycles. The van der Waals surface area contributed by atoms with Crippen LogP contribution in [0.3, 0.4) is 0 Å². The van der Waals surface area contributed by atoms with Crippen LogP contribution in [0, 0.1) is 0 Å². The van der Waals surface area contributed by atoms with Crippen LogP contribution >= 0.6 is 0 Å². The fourth-order valence-corrected chi connectivity index (χ4v) is 3.45. The van der Waals surface area contributed by atoms with Gasteiger partial charge in [0.2, 0.25) is 5.91 Å². The number of aromatic carboxylic acids is 1. The van der Waals surface area contributed by atoms with Crippen LogP contribution in [0.15, 0.2) is 48.5 Å². The molecule has 1 N–H and O–H groups in total. The monoisotopic (exact) mass is 394 g/mol. The predicted molar refractivity (Wildman–Crippen MR) is 110 cm³/mol. The topological polar surface area (TPSA) is 77.9 Å². The highest BCUT2D eigenvalue weighted by molar-refractivity contribution is 5.94. The Bertz CT molecular complexity index is 867. The van der Waals surface area contributed by atoms with Crippen LogP contribution in [0.5, 0.6) is 0 Å². The number of amides is 2. The van der Waals surface area contributed by atoms with E-state index in [0.717, 1.165) is 12.0 Å². The highest BCUT2D eigenvalue weighted by atomic mass is 16.4. The molecule has 0 saturated carbocycles. The Morgan fingerprint density at radius 2 is 1.31 bits per heavy atom. The van der Waals surface area contributed by atoms with Gasteiger partial charge in [0.05, 0.1) is 5.56 Å². The van der Waals surface area contributed by atoms with Gasteiger partial charge in [-0.25, -0.2) is 4.79 Å². The number of rotatable bonds is 6. The molecule has 29 heavy (non-hydrogen) atoms. The lowest BCUT2D eigenvalue weighted by atomic mass is 10.1. The number of aryl methyl sites for hydroxylation is 2. The Hall–Kier alpha value is -3.15. The van der Waals surface area contributed by atoms with Gasteiger partial charge in [-0.1, -0.05) is 31.2 Å². The van der Waals surface area contributed by atoms with E-state index < -0.39 is 5.97 Å². The van der Waals surface area contributed by atoms with Crippen LogP contribution in [-0.2, 0) is 17.6 Å². The van der Waals surface area contributed by atoms with Gasteiger partial charge in [-0.15, -0.1) is 0 Å². The summed E-state index contributed by atoms with van der Waals surface area (Å²) in [4.78, 5) is 39.6. The second-order valence-electron chi connectivity index (χ2n) is 7.23. The van der Waals surface area contributed by atoms with Gasteiger partial charge >= 0.3 is 5.97 Å². The van der Waals surface area contributed by atoms with Crippen molar-refractivity contribution in [1.82, 2.24) is 9.80 Å². The number of carbonyl (C=O) groups is 3. The fourth-order valence-electron chi connectivity index (χ4n) is 3.45. The zero-order chi connectivity index (χ0) is 20.8. The number of carbonyl (C=O) groups excluding carboxylic acids is 2. The van der Waals surface area contributed by atoms with Gasteiger partial charge in [0.25, 0.3) is 5.91 Å². The molecule has 6 nitrogen and oxygen atoms in total. The number of carboxylic acid groups (broad SMARTS) is 1. The smallest absolute Gasteiger partial charge is 0.335 e. The van der Waals surface area contributed by atoms with E-state index in [4.69, 9.17) is 5.11 Å². The molecule has 0 aliphatic carbocycles. The summed E-state index contributed by atoms with van der Waals surface area (Å²) in [5, 5.41) is 8.93. The Morgan fingerprint density at radius 1 is 0.793 bits per heavy atom. The van der Waals surface area contributed by atoms with Crippen molar-refractivity contribution >= 4 is 17.8 Å². The van der Waals surface area contributed by atoms with Crippen molar-refractivity contribution in [2.24, 2.45) is 0 Å². The fraction of sp³-hybridized carbons (Fsp3) is 0.348. The second kappa shape index (κ2) is 9.37. The van der Waals surface area contributed by atoms with Crippen molar-refractivity contribution in [2.45, 2.75) is 26.2 Å². The van der Waals surface area contributed by atoms with E-state index in [1.165, 1.54) is 5.56 Å². The molecule has 152 valence electrons. The van der Waals surface area contributed by atoms with Gasteiger partial charge in [0, 0.05) is 38.2 Å². The Kier molecular flexibility index (Phi) is 6.65. The summed E-state index contributed by atoms with van der Waals surface area (Å²) in [6.45, 7) is 4.23. The third-order valence-corrected chi connectivity index (χ3v) is 5.36. The molecular formula is C23H26N2O4. The summed E-state index contributed by atoms with van der Waals surface area (Å²) < 4.78 is 0. The van der Waals surface area contributed by atoms with Crippen LogP contribution in [0.1, 0.15) is 45.2 Å². The van der Waals surface area contributed by atoms with Crippen LogP contribution in [0.2, 0.25) is 0 Å². The first-order chi connectivity index (χ1) is 14.0. The van der Waals surface area contributed by atoms with E-state index in [2.05, 4.69) is 6.92 Å². The normalized spacial score (nSPS) is 14.0. The molecule has 2 amide bonds. The van der Waals surface area contributed by atoms with Gasteiger partial charge in [-0.3, -0.25) is 9.59 Å². The van der Waals surface area contributed by atoms with Crippen LogP contribution in [-0.4, -0.2) is 58.9 Å². The first-order valence-corrected chi connectivity index (χ1v) is 9.96. The molecule has 1 aliphatic rings. The zero-order valence-electron chi connectivity index (χ0n) is 16.6. The average molecular weight is 394 g/mol. The van der Waals surface area contributed by atoms with Gasteiger partial charge in [-0.05, 0) is 48.2 Å². The van der Waals surface area contributed by atoms with Crippen LogP contribution in [0.4, 0.5) is 0 Å². The van der Waals surface area contributed by atoms with Crippen molar-refractivity contribution < 1.29 is 19.5 Å². The molecule has 1 fully saturated rings. The minimum absolute atomic E-state index is 0.0123. The lowest BCUT2D eigenvalue weighted by Gasteiger charge is -2.35. The summed E-state index contributed by atoms with van der Waals surface area (Å²) in [7, 11) is 0. The first-order valence-electron chi connectivity index (χ1n) is 9.96. The average Bonchev–Trinajstić information content (AvgIpc) is 2.77. The maximum Gasteiger partial charge on any atom is 0.335 e. The number of hydrogen-bond acceptors (Lipinski definition) is 3. The summed E-state index contributed by atoms with van der Waals surface area (Å²) in [5.41, 5.74) is 3.07. The quantitative estimate of drug-likeness (QED) is 0.817. The summed E-state index contributed by atoms with van der Waals surface area (Å²) >= 11 is 0. The standard InChI is InChI=1S/C23H26N2O4/c1-2-17-3-8-19(9-4-17)22(27)25-15-13-24(14-16-25)21(26)12-7-18-5-10-20(11-6-18)23(28)29/h3-6,8-11H,2,7,12-16H2,1H3,(H,28,29). The predicted octanol–water partition coefficient (Wildman–Crippen LogP) is 2.86. The van der Waals surface area contributed by atoms with Crippen LogP contribution < -0.4 is 0 Å². The van der Waals surface area contributed by atoms with E-state index in [1.807, 2.05) is 24.3 Å². The molecule has 0 bridgehead atoms. The maximum absolute atomic E-state index is 12.6. The number of carboxylic acids is 1. The second-order valence-corrected chi connectivity index (χ2v) is 7.23. The molecule has 0 unspecified atom stereocenters. The van der Waals surface area contributed by atoms with Gasteiger partial charge in [-0.2, -0.15) is 0 Å². The number of nitrogens with zero attached hydrogens (tertiary/aromatic N) is 2. The van der Waals surface area contributed by atoms with E-state index in [1.54, 1.807) is 34.1 Å². The summed E-state index contributed by atoms with van der Waals surface area (Å²) in [5.74, 6) is -0.883. The molecule has 1 saturated heterocycles. The minimum atomic E-state index is -0.957. The van der Waals surface area contributed by atoms with Crippen LogP contribution in [0.25, 0.3) is 0 Å². The number of benzene rings is 2. The highest BCUT2D eigenvalue weighted by Crippen LogP contribution is 2.13. The van der Waals surface area contributed by atoms with Crippen molar-refractivity contribution in [1.29, 1.82) is 0 Å².